The van der Waals surface area contributed by atoms with Crippen LogP contribution in [0.5, 0.6) is 5.75 Å². The molecule has 0 aliphatic carbocycles. The van der Waals surface area contributed by atoms with E-state index in [0.717, 1.165) is 5.56 Å². The summed E-state index contributed by atoms with van der Waals surface area (Å²) in [5, 5.41) is 0. The highest BCUT2D eigenvalue weighted by atomic mass is 19.4. The van der Waals surface area contributed by atoms with Crippen molar-refractivity contribution >= 4 is 0 Å². The summed E-state index contributed by atoms with van der Waals surface area (Å²) in [4.78, 5) is 0. The Morgan fingerprint density at radius 1 is 1.19 bits per heavy atom. The van der Waals surface area contributed by atoms with Crippen LogP contribution in [-0.2, 0) is 0 Å². The minimum Gasteiger partial charge on any atom is -0.406 e. The van der Waals surface area contributed by atoms with Crippen molar-refractivity contribution in [2.75, 3.05) is 6.54 Å². The van der Waals surface area contributed by atoms with Gasteiger partial charge < -0.3 is 16.2 Å². The Morgan fingerprint density at radius 2 is 1.75 bits per heavy atom. The third-order valence-corrected chi connectivity index (χ3v) is 2.02. The van der Waals surface area contributed by atoms with Gasteiger partial charge in [0.2, 0.25) is 0 Å². The Hall–Kier alpha value is -1.27. The SMILES string of the molecule is NCC[C@@H](N)c1ccc(OC(F)(F)F)cc1. The lowest BCUT2D eigenvalue weighted by Crippen LogP contribution is -2.17. The molecule has 3 nitrogen and oxygen atoms in total. The van der Waals surface area contributed by atoms with E-state index in [0.29, 0.717) is 13.0 Å². The zero-order chi connectivity index (χ0) is 12.2. The zero-order valence-electron chi connectivity index (χ0n) is 8.50. The molecule has 0 aliphatic heterocycles. The van der Waals surface area contributed by atoms with Crippen LogP contribution in [0.3, 0.4) is 0 Å². The first-order valence-corrected chi connectivity index (χ1v) is 4.74. The summed E-state index contributed by atoms with van der Waals surface area (Å²) >= 11 is 0. The van der Waals surface area contributed by atoms with Gasteiger partial charge in [0, 0.05) is 6.04 Å². The monoisotopic (exact) mass is 234 g/mol. The summed E-state index contributed by atoms with van der Waals surface area (Å²) in [6, 6.07) is 5.21. The molecule has 0 amide bonds. The Labute approximate surface area is 91.2 Å². The van der Waals surface area contributed by atoms with Crippen LogP contribution in [0.1, 0.15) is 18.0 Å². The molecule has 0 fully saturated rings. The smallest absolute Gasteiger partial charge is 0.406 e. The maximum Gasteiger partial charge on any atom is 0.573 e. The van der Waals surface area contributed by atoms with Crippen LogP contribution in [0.4, 0.5) is 13.2 Å². The summed E-state index contributed by atoms with van der Waals surface area (Å²) < 4.78 is 39.3. The number of rotatable bonds is 4. The van der Waals surface area contributed by atoms with Crippen molar-refractivity contribution in [3.05, 3.63) is 29.8 Å². The second-order valence-corrected chi connectivity index (χ2v) is 3.30. The molecule has 90 valence electrons. The topological polar surface area (TPSA) is 61.3 Å². The molecule has 0 spiro atoms. The molecule has 1 atom stereocenters. The number of benzene rings is 1. The standard InChI is InChI=1S/C10H13F3N2O/c11-10(12,13)16-8-3-1-7(2-4-8)9(15)5-6-14/h1-4,9H,5-6,14-15H2/t9-/m1/s1. The van der Waals surface area contributed by atoms with Crippen molar-refractivity contribution in [1.82, 2.24) is 0 Å². The highest BCUT2D eigenvalue weighted by molar-refractivity contribution is 5.29. The Balaban J connectivity index is 2.68. The van der Waals surface area contributed by atoms with Crippen LogP contribution in [0.2, 0.25) is 0 Å². The van der Waals surface area contributed by atoms with E-state index in [1.807, 2.05) is 0 Å². The van der Waals surface area contributed by atoms with E-state index in [4.69, 9.17) is 11.5 Å². The van der Waals surface area contributed by atoms with Gasteiger partial charge in [-0.05, 0) is 30.7 Å². The fraction of sp³-hybridized carbons (Fsp3) is 0.400. The van der Waals surface area contributed by atoms with E-state index in [-0.39, 0.29) is 11.8 Å². The highest BCUT2D eigenvalue weighted by Gasteiger charge is 2.30. The maximum absolute atomic E-state index is 11.9. The molecule has 6 heteroatoms. The van der Waals surface area contributed by atoms with Crippen molar-refractivity contribution < 1.29 is 17.9 Å². The molecule has 0 heterocycles. The van der Waals surface area contributed by atoms with E-state index >= 15 is 0 Å². The van der Waals surface area contributed by atoms with Crippen molar-refractivity contribution in [3.8, 4) is 5.75 Å². The first kappa shape index (κ1) is 12.8. The van der Waals surface area contributed by atoms with Crippen LogP contribution in [0, 0.1) is 0 Å². The van der Waals surface area contributed by atoms with Gasteiger partial charge in [0.1, 0.15) is 5.75 Å². The molecule has 0 radical (unpaired) electrons. The normalized spacial score (nSPS) is 13.6. The quantitative estimate of drug-likeness (QED) is 0.836. The molecule has 1 rings (SSSR count). The first-order valence-electron chi connectivity index (χ1n) is 4.74. The molecule has 0 aromatic heterocycles. The molecule has 1 aromatic carbocycles. The third-order valence-electron chi connectivity index (χ3n) is 2.02. The fourth-order valence-corrected chi connectivity index (χ4v) is 1.26. The summed E-state index contributed by atoms with van der Waals surface area (Å²) in [6.07, 6.45) is -4.08. The minimum absolute atomic E-state index is 0.254. The predicted molar refractivity (Wildman–Crippen MR) is 53.7 cm³/mol. The number of alkyl halides is 3. The lowest BCUT2D eigenvalue weighted by Gasteiger charge is -2.12. The number of nitrogens with two attached hydrogens (primary N) is 2. The van der Waals surface area contributed by atoms with Crippen molar-refractivity contribution in [3.63, 3.8) is 0 Å². The average Bonchev–Trinajstić information content (AvgIpc) is 2.16. The first-order chi connectivity index (χ1) is 7.42. The van der Waals surface area contributed by atoms with E-state index in [1.54, 1.807) is 0 Å². The maximum atomic E-state index is 11.9. The Morgan fingerprint density at radius 3 is 2.19 bits per heavy atom. The molecule has 0 saturated carbocycles. The van der Waals surface area contributed by atoms with Gasteiger partial charge in [-0.1, -0.05) is 12.1 Å². The van der Waals surface area contributed by atoms with E-state index in [9.17, 15) is 13.2 Å². The molecule has 0 bridgehead atoms. The highest BCUT2D eigenvalue weighted by Crippen LogP contribution is 2.24. The Kier molecular flexibility index (Phi) is 4.14. The Bertz CT molecular complexity index is 324. The van der Waals surface area contributed by atoms with Crippen molar-refractivity contribution in [2.24, 2.45) is 11.5 Å². The summed E-state index contributed by atoms with van der Waals surface area (Å²) in [5.74, 6) is -0.254. The van der Waals surface area contributed by atoms with Gasteiger partial charge in [-0.3, -0.25) is 0 Å². The molecule has 0 unspecified atom stereocenters. The van der Waals surface area contributed by atoms with Crippen LogP contribution in [0.15, 0.2) is 24.3 Å². The third kappa shape index (κ3) is 4.08. The predicted octanol–water partition coefficient (Wildman–Crippen LogP) is 1.93. The van der Waals surface area contributed by atoms with E-state index in [1.165, 1.54) is 24.3 Å². The van der Waals surface area contributed by atoms with Crippen molar-refractivity contribution in [1.29, 1.82) is 0 Å². The van der Waals surface area contributed by atoms with Crippen LogP contribution >= 0.6 is 0 Å². The number of hydrogen-bond donors (Lipinski definition) is 2. The zero-order valence-corrected chi connectivity index (χ0v) is 8.50. The number of ether oxygens (including phenoxy) is 1. The minimum atomic E-state index is -4.67. The summed E-state index contributed by atoms with van der Waals surface area (Å²) in [6.45, 7) is 0.433. The van der Waals surface area contributed by atoms with Gasteiger partial charge in [0.05, 0.1) is 0 Å². The van der Waals surface area contributed by atoms with E-state index < -0.39 is 6.36 Å². The number of halogens is 3. The van der Waals surface area contributed by atoms with Gasteiger partial charge in [0.25, 0.3) is 0 Å². The molecule has 0 aliphatic rings. The fourth-order valence-electron chi connectivity index (χ4n) is 1.26. The molecule has 4 N–H and O–H groups in total. The van der Waals surface area contributed by atoms with Crippen molar-refractivity contribution in [2.45, 2.75) is 18.8 Å². The largest absolute Gasteiger partial charge is 0.573 e. The second-order valence-electron chi connectivity index (χ2n) is 3.30. The second kappa shape index (κ2) is 5.18. The van der Waals surface area contributed by atoms with Gasteiger partial charge in [-0.2, -0.15) is 0 Å². The summed E-state index contributed by atoms with van der Waals surface area (Å²) in [5.41, 5.74) is 11.8. The lowest BCUT2D eigenvalue weighted by molar-refractivity contribution is -0.274. The van der Waals surface area contributed by atoms with Crippen LogP contribution in [0.25, 0.3) is 0 Å². The number of hydrogen-bond acceptors (Lipinski definition) is 3. The lowest BCUT2D eigenvalue weighted by atomic mass is 10.1. The molecular weight excluding hydrogens is 221 g/mol. The van der Waals surface area contributed by atoms with Gasteiger partial charge in [-0.15, -0.1) is 13.2 Å². The van der Waals surface area contributed by atoms with Crippen LogP contribution < -0.4 is 16.2 Å². The van der Waals surface area contributed by atoms with E-state index in [2.05, 4.69) is 4.74 Å². The van der Waals surface area contributed by atoms with Gasteiger partial charge in [-0.25, -0.2) is 0 Å². The molecule has 16 heavy (non-hydrogen) atoms. The van der Waals surface area contributed by atoms with Gasteiger partial charge >= 0.3 is 6.36 Å². The summed E-state index contributed by atoms with van der Waals surface area (Å²) in [7, 11) is 0. The van der Waals surface area contributed by atoms with Gasteiger partial charge in [0.15, 0.2) is 0 Å². The molecular formula is C10H13F3N2O. The average molecular weight is 234 g/mol. The molecule has 1 aromatic rings. The van der Waals surface area contributed by atoms with Crippen LogP contribution in [-0.4, -0.2) is 12.9 Å². The molecule has 0 saturated heterocycles.